The topological polar surface area (TPSA) is 60.2 Å². The van der Waals surface area contributed by atoms with Crippen molar-refractivity contribution in [2.24, 2.45) is 0 Å². The zero-order valence-corrected chi connectivity index (χ0v) is 12.3. The number of nitrogens with zero attached hydrogens (tertiary/aromatic N) is 1. The number of rotatable bonds is 5. The molecule has 0 bridgehead atoms. The highest BCUT2D eigenvalue weighted by Crippen LogP contribution is 2.36. The Bertz CT molecular complexity index is 614. The zero-order valence-electron chi connectivity index (χ0n) is 12.3. The maximum Gasteiger partial charge on any atom is 0.123 e. The fourth-order valence-corrected chi connectivity index (χ4v) is 3.01. The van der Waals surface area contributed by atoms with Crippen molar-refractivity contribution in [1.29, 1.82) is 0 Å². The molecule has 0 fully saturated rings. The normalized spacial score (nSPS) is 18.0. The number of pyridine rings is 1. The predicted molar refractivity (Wildman–Crippen MR) is 84.5 cm³/mol. The van der Waals surface area contributed by atoms with E-state index in [1.54, 1.807) is 6.20 Å². The Balaban J connectivity index is 1.82. The Kier molecular flexibility index (Phi) is 4.06. The molecule has 21 heavy (non-hydrogen) atoms. The van der Waals surface area contributed by atoms with Crippen molar-refractivity contribution >= 4 is 5.82 Å². The zero-order chi connectivity index (χ0) is 14.7. The van der Waals surface area contributed by atoms with Crippen LogP contribution in [0.2, 0.25) is 0 Å². The first-order chi connectivity index (χ1) is 10.3. The second-order valence-corrected chi connectivity index (χ2v) is 5.41. The van der Waals surface area contributed by atoms with Crippen LogP contribution in [0.1, 0.15) is 24.0 Å². The van der Waals surface area contributed by atoms with Gasteiger partial charge in [-0.3, -0.25) is 0 Å². The maximum atomic E-state index is 5.82. The van der Waals surface area contributed by atoms with E-state index in [9.17, 15) is 0 Å². The first-order valence-corrected chi connectivity index (χ1v) is 7.43. The molecule has 1 aliphatic rings. The van der Waals surface area contributed by atoms with Crippen LogP contribution in [0.4, 0.5) is 5.82 Å². The minimum atomic E-state index is 0.334. The molecular weight excluding hydrogens is 262 g/mol. The highest BCUT2D eigenvalue weighted by atomic mass is 16.5. The van der Waals surface area contributed by atoms with Crippen molar-refractivity contribution in [2.75, 3.05) is 18.9 Å². The molecular formula is C17H21N3O. The van der Waals surface area contributed by atoms with Crippen LogP contribution in [0, 0.1) is 0 Å². The molecule has 0 saturated carbocycles. The summed E-state index contributed by atoms with van der Waals surface area (Å²) in [6.45, 7) is 3.80. The third-order valence-corrected chi connectivity index (χ3v) is 3.99. The molecule has 1 aliphatic heterocycles. The molecule has 2 aromatic rings. The first-order valence-electron chi connectivity index (χ1n) is 7.43. The van der Waals surface area contributed by atoms with E-state index in [0.717, 1.165) is 25.3 Å². The van der Waals surface area contributed by atoms with Crippen LogP contribution < -0.4 is 15.8 Å². The van der Waals surface area contributed by atoms with E-state index in [0.29, 0.717) is 17.8 Å². The molecule has 0 aliphatic carbocycles. The fourth-order valence-electron chi connectivity index (χ4n) is 3.01. The first kappa shape index (κ1) is 13.9. The summed E-state index contributed by atoms with van der Waals surface area (Å²) in [7, 11) is 0. The van der Waals surface area contributed by atoms with Gasteiger partial charge < -0.3 is 15.8 Å². The van der Waals surface area contributed by atoms with Gasteiger partial charge in [0.15, 0.2) is 0 Å². The lowest BCUT2D eigenvalue weighted by Gasteiger charge is -2.24. The van der Waals surface area contributed by atoms with Gasteiger partial charge in [0, 0.05) is 23.7 Å². The van der Waals surface area contributed by atoms with Gasteiger partial charge in [-0.25, -0.2) is 4.98 Å². The molecule has 2 heterocycles. The highest BCUT2D eigenvalue weighted by Gasteiger charge is 2.30. The number of nitrogens with one attached hydrogen (secondary N) is 1. The number of benzene rings is 1. The molecule has 4 heteroatoms. The molecule has 3 N–H and O–H groups in total. The number of likely N-dealkylation sites (N-methyl/N-ethyl adjacent to an activating group) is 1. The summed E-state index contributed by atoms with van der Waals surface area (Å²) in [6.07, 6.45) is 2.69. The number of nitrogen functional groups attached to an aromatic ring is 1. The average Bonchev–Trinajstić information content (AvgIpc) is 2.91. The SMILES string of the molecule is CCNC(Cc1ccnc(N)c1)C1COc2ccccc21. The fraction of sp³-hybridized carbons (Fsp3) is 0.353. The van der Waals surface area contributed by atoms with Gasteiger partial charge in [0.05, 0.1) is 6.61 Å². The minimum absolute atomic E-state index is 0.334. The highest BCUT2D eigenvalue weighted by molar-refractivity contribution is 5.41. The van der Waals surface area contributed by atoms with Crippen molar-refractivity contribution in [1.82, 2.24) is 10.3 Å². The number of anilines is 1. The third-order valence-electron chi connectivity index (χ3n) is 3.99. The van der Waals surface area contributed by atoms with E-state index in [2.05, 4.69) is 29.4 Å². The van der Waals surface area contributed by atoms with Crippen LogP contribution in [-0.4, -0.2) is 24.2 Å². The molecule has 0 spiro atoms. The standard InChI is InChI=1S/C17H21N3O/c1-2-19-15(9-12-7-8-20-17(18)10-12)14-11-21-16-6-4-3-5-13(14)16/h3-8,10,14-15,19H,2,9,11H2,1H3,(H2,18,20). The Labute approximate surface area is 125 Å². The van der Waals surface area contributed by atoms with Gasteiger partial charge in [-0.2, -0.15) is 0 Å². The van der Waals surface area contributed by atoms with E-state index in [4.69, 9.17) is 10.5 Å². The average molecular weight is 283 g/mol. The number of fused-ring (bicyclic) bond motifs is 1. The largest absolute Gasteiger partial charge is 0.493 e. The number of para-hydroxylation sites is 1. The summed E-state index contributed by atoms with van der Waals surface area (Å²) in [6, 6.07) is 12.6. The summed E-state index contributed by atoms with van der Waals surface area (Å²) < 4.78 is 5.82. The lowest BCUT2D eigenvalue weighted by atomic mass is 9.89. The monoisotopic (exact) mass is 283 g/mol. The summed E-state index contributed by atoms with van der Waals surface area (Å²) >= 11 is 0. The van der Waals surface area contributed by atoms with Gasteiger partial charge in [0.2, 0.25) is 0 Å². The number of ether oxygens (including phenoxy) is 1. The molecule has 3 rings (SSSR count). The van der Waals surface area contributed by atoms with Crippen LogP contribution in [-0.2, 0) is 6.42 Å². The molecule has 2 unspecified atom stereocenters. The third kappa shape index (κ3) is 3.00. The smallest absolute Gasteiger partial charge is 0.123 e. The summed E-state index contributed by atoms with van der Waals surface area (Å²) in [5.41, 5.74) is 8.29. The molecule has 1 aromatic carbocycles. The van der Waals surface area contributed by atoms with E-state index in [1.165, 1.54) is 11.1 Å². The van der Waals surface area contributed by atoms with E-state index in [-0.39, 0.29) is 0 Å². The molecule has 1 aromatic heterocycles. The Morgan fingerprint density at radius 1 is 1.38 bits per heavy atom. The van der Waals surface area contributed by atoms with Crippen molar-refractivity contribution < 1.29 is 4.74 Å². The van der Waals surface area contributed by atoms with Gasteiger partial charge in [-0.05, 0) is 36.7 Å². The maximum absolute atomic E-state index is 5.82. The molecule has 0 amide bonds. The number of hydrogen-bond donors (Lipinski definition) is 2. The molecule has 2 atom stereocenters. The lowest BCUT2D eigenvalue weighted by Crippen LogP contribution is -2.37. The Hall–Kier alpha value is -2.07. The quantitative estimate of drug-likeness (QED) is 0.884. The van der Waals surface area contributed by atoms with Crippen LogP contribution in [0.25, 0.3) is 0 Å². The van der Waals surface area contributed by atoms with Gasteiger partial charge in [-0.1, -0.05) is 25.1 Å². The van der Waals surface area contributed by atoms with Gasteiger partial charge in [0.1, 0.15) is 11.6 Å². The minimum Gasteiger partial charge on any atom is -0.493 e. The van der Waals surface area contributed by atoms with Crippen LogP contribution in [0.5, 0.6) is 5.75 Å². The lowest BCUT2D eigenvalue weighted by molar-refractivity contribution is 0.298. The van der Waals surface area contributed by atoms with E-state index in [1.807, 2.05) is 24.3 Å². The van der Waals surface area contributed by atoms with Crippen molar-refractivity contribution in [3.8, 4) is 5.75 Å². The van der Waals surface area contributed by atoms with Crippen LogP contribution in [0.3, 0.4) is 0 Å². The summed E-state index contributed by atoms with van der Waals surface area (Å²) in [5.74, 6) is 1.96. The summed E-state index contributed by atoms with van der Waals surface area (Å²) in [4.78, 5) is 4.06. The van der Waals surface area contributed by atoms with Crippen molar-refractivity contribution in [3.63, 3.8) is 0 Å². The second-order valence-electron chi connectivity index (χ2n) is 5.41. The van der Waals surface area contributed by atoms with Crippen LogP contribution in [0.15, 0.2) is 42.6 Å². The van der Waals surface area contributed by atoms with E-state index < -0.39 is 0 Å². The summed E-state index contributed by atoms with van der Waals surface area (Å²) in [5, 5.41) is 3.59. The second kappa shape index (κ2) is 6.14. The van der Waals surface area contributed by atoms with Crippen molar-refractivity contribution in [2.45, 2.75) is 25.3 Å². The molecule has 0 saturated heterocycles. The Morgan fingerprint density at radius 2 is 2.24 bits per heavy atom. The molecule has 110 valence electrons. The number of hydrogen-bond acceptors (Lipinski definition) is 4. The molecule has 0 radical (unpaired) electrons. The van der Waals surface area contributed by atoms with Gasteiger partial charge in [-0.15, -0.1) is 0 Å². The van der Waals surface area contributed by atoms with Gasteiger partial charge in [0.25, 0.3) is 0 Å². The number of nitrogens with two attached hydrogens (primary N) is 1. The Morgan fingerprint density at radius 3 is 3.05 bits per heavy atom. The van der Waals surface area contributed by atoms with Crippen molar-refractivity contribution in [3.05, 3.63) is 53.7 Å². The van der Waals surface area contributed by atoms with Crippen LogP contribution >= 0.6 is 0 Å². The van der Waals surface area contributed by atoms with E-state index >= 15 is 0 Å². The molecule has 4 nitrogen and oxygen atoms in total. The predicted octanol–water partition coefficient (Wildman–Crippen LogP) is 2.36. The number of aromatic nitrogens is 1. The van der Waals surface area contributed by atoms with Gasteiger partial charge >= 0.3 is 0 Å².